The van der Waals surface area contributed by atoms with E-state index in [1.54, 1.807) is 0 Å². The molecule has 3 heteroatoms. The van der Waals surface area contributed by atoms with Gasteiger partial charge in [-0.2, -0.15) is 0 Å². The van der Waals surface area contributed by atoms with Crippen molar-refractivity contribution >= 4 is 23.8 Å². The maximum Gasteiger partial charge on any atom is 1.00 e. The van der Waals surface area contributed by atoms with Crippen LogP contribution in [0.1, 0.15) is 0 Å². The van der Waals surface area contributed by atoms with Gasteiger partial charge < -0.3 is 24.0 Å². The SMILES string of the molecule is [I-].[Na+].c1ccc(P(c2ccccc2)c2ccccc2)cc1. The summed E-state index contributed by atoms with van der Waals surface area (Å²) in [6.45, 7) is 0. The van der Waals surface area contributed by atoms with E-state index in [9.17, 15) is 0 Å². The van der Waals surface area contributed by atoms with Gasteiger partial charge in [0.15, 0.2) is 0 Å². The molecule has 0 saturated heterocycles. The van der Waals surface area contributed by atoms with Gasteiger partial charge in [-0.15, -0.1) is 0 Å². The summed E-state index contributed by atoms with van der Waals surface area (Å²) in [6, 6.07) is 32.3. The van der Waals surface area contributed by atoms with Crippen LogP contribution in [0.5, 0.6) is 0 Å². The quantitative estimate of drug-likeness (QED) is 0.253. The Kier molecular flexibility index (Phi) is 8.77. The molecule has 0 aliphatic rings. The van der Waals surface area contributed by atoms with Crippen LogP contribution in [0.25, 0.3) is 0 Å². The van der Waals surface area contributed by atoms with E-state index in [0.717, 1.165) is 0 Å². The predicted octanol–water partition coefficient (Wildman–Crippen LogP) is -2.55. The van der Waals surface area contributed by atoms with E-state index in [-0.39, 0.29) is 53.5 Å². The molecule has 100 valence electrons. The summed E-state index contributed by atoms with van der Waals surface area (Å²) < 4.78 is 0. The molecule has 0 atom stereocenters. The number of hydrogen-bond donors (Lipinski definition) is 0. The van der Waals surface area contributed by atoms with Crippen molar-refractivity contribution in [2.75, 3.05) is 0 Å². The molecule has 3 aromatic carbocycles. The van der Waals surface area contributed by atoms with Gasteiger partial charge >= 0.3 is 29.6 Å². The third kappa shape index (κ3) is 4.91. The average Bonchev–Trinajstić information content (AvgIpc) is 2.51. The van der Waals surface area contributed by atoms with Gasteiger partial charge in [0.05, 0.1) is 0 Å². The van der Waals surface area contributed by atoms with Gasteiger partial charge in [0, 0.05) is 0 Å². The first-order valence-corrected chi connectivity index (χ1v) is 7.74. The molecule has 0 aliphatic carbocycles. The minimum atomic E-state index is -0.446. The summed E-state index contributed by atoms with van der Waals surface area (Å²) in [7, 11) is -0.446. The molecule has 0 aliphatic heterocycles. The van der Waals surface area contributed by atoms with Crippen LogP contribution in [-0.4, -0.2) is 0 Å². The van der Waals surface area contributed by atoms with E-state index >= 15 is 0 Å². The van der Waals surface area contributed by atoms with Crippen molar-refractivity contribution in [2.24, 2.45) is 0 Å². The van der Waals surface area contributed by atoms with Crippen molar-refractivity contribution < 1.29 is 53.5 Å². The molecule has 21 heavy (non-hydrogen) atoms. The van der Waals surface area contributed by atoms with Crippen LogP contribution < -0.4 is 69.4 Å². The van der Waals surface area contributed by atoms with E-state index in [1.807, 2.05) is 0 Å². The fourth-order valence-electron chi connectivity index (χ4n) is 2.18. The van der Waals surface area contributed by atoms with Gasteiger partial charge in [0.25, 0.3) is 0 Å². The summed E-state index contributed by atoms with van der Waals surface area (Å²) in [6.07, 6.45) is 0. The van der Waals surface area contributed by atoms with Crippen LogP contribution in [0.15, 0.2) is 91.0 Å². The van der Waals surface area contributed by atoms with E-state index in [4.69, 9.17) is 0 Å². The minimum Gasteiger partial charge on any atom is -1.00 e. The Bertz CT molecular complexity index is 535. The zero-order valence-electron chi connectivity index (χ0n) is 12.0. The molecule has 0 fully saturated rings. The number of rotatable bonds is 3. The van der Waals surface area contributed by atoms with Crippen LogP contribution in [-0.2, 0) is 0 Å². The minimum absolute atomic E-state index is 0. The standard InChI is InChI=1S/C18H15P.HI.Na/c1-4-10-16(11-5-1)19(17-12-6-2-7-13-17)18-14-8-3-9-15-18;;/h1-15H;1H;/q;;+1/p-1. The van der Waals surface area contributed by atoms with Crippen LogP contribution >= 0.6 is 7.92 Å². The Balaban J connectivity index is 0.00000110. The second kappa shape index (κ2) is 9.76. The summed E-state index contributed by atoms with van der Waals surface area (Å²) in [4.78, 5) is 0. The average molecular weight is 412 g/mol. The van der Waals surface area contributed by atoms with Crippen LogP contribution in [0.3, 0.4) is 0 Å². The van der Waals surface area contributed by atoms with Crippen molar-refractivity contribution in [2.45, 2.75) is 0 Å². The Morgan fingerprint density at radius 2 is 0.667 bits per heavy atom. The topological polar surface area (TPSA) is 0 Å². The smallest absolute Gasteiger partial charge is 1.00 e. The second-order valence-electron chi connectivity index (χ2n) is 4.34. The maximum absolute atomic E-state index is 2.23. The van der Waals surface area contributed by atoms with Crippen molar-refractivity contribution in [1.29, 1.82) is 0 Å². The van der Waals surface area contributed by atoms with Crippen molar-refractivity contribution in [3.05, 3.63) is 91.0 Å². The van der Waals surface area contributed by atoms with Gasteiger partial charge in [0.2, 0.25) is 0 Å². The molecular formula is C18H15INaP. The predicted molar refractivity (Wildman–Crippen MR) is 85.1 cm³/mol. The van der Waals surface area contributed by atoms with E-state index in [1.165, 1.54) is 15.9 Å². The second-order valence-corrected chi connectivity index (χ2v) is 6.56. The van der Waals surface area contributed by atoms with Gasteiger partial charge in [0.1, 0.15) is 0 Å². The van der Waals surface area contributed by atoms with E-state index < -0.39 is 7.92 Å². The number of hydrogen-bond acceptors (Lipinski definition) is 0. The molecule has 0 bridgehead atoms. The third-order valence-corrected chi connectivity index (χ3v) is 5.49. The van der Waals surface area contributed by atoms with Crippen molar-refractivity contribution in [1.82, 2.24) is 0 Å². The molecule has 0 nitrogen and oxygen atoms in total. The first-order chi connectivity index (χ1) is 9.45. The van der Waals surface area contributed by atoms with Gasteiger partial charge in [-0.05, 0) is 23.8 Å². The first kappa shape index (κ1) is 18.9. The van der Waals surface area contributed by atoms with Crippen molar-refractivity contribution in [3.8, 4) is 0 Å². The molecule has 0 heterocycles. The summed E-state index contributed by atoms with van der Waals surface area (Å²) in [5, 5.41) is 4.19. The Hall–Kier alpha value is -0.180. The Morgan fingerprint density at radius 3 is 0.905 bits per heavy atom. The van der Waals surface area contributed by atoms with Crippen molar-refractivity contribution in [3.63, 3.8) is 0 Å². The zero-order valence-corrected chi connectivity index (χ0v) is 17.0. The molecule has 3 aromatic rings. The number of halogens is 1. The molecule has 0 amide bonds. The Morgan fingerprint density at radius 1 is 0.429 bits per heavy atom. The first-order valence-electron chi connectivity index (χ1n) is 6.40. The largest absolute Gasteiger partial charge is 1.00 e. The van der Waals surface area contributed by atoms with Crippen LogP contribution in [0.2, 0.25) is 0 Å². The summed E-state index contributed by atoms with van der Waals surface area (Å²) in [5.74, 6) is 0. The maximum atomic E-state index is 2.23. The number of benzene rings is 3. The van der Waals surface area contributed by atoms with E-state index in [0.29, 0.717) is 0 Å². The molecule has 0 aromatic heterocycles. The third-order valence-electron chi connectivity index (χ3n) is 3.04. The summed E-state index contributed by atoms with van der Waals surface area (Å²) in [5.41, 5.74) is 0. The normalized spacial score (nSPS) is 9.57. The Labute approximate surface area is 167 Å². The fourth-order valence-corrected chi connectivity index (χ4v) is 4.48. The molecule has 0 unspecified atom stereocenters. The van der Waals surface area contributed by atoms with Gasteiger partial charge in [-0.25, -0.2) is 0 Å². The molecule has 3 rings (SSSR count). The zero-order chi connectivity index (χ0) is 12.9. The molecule has 0 N–H and O–H groups in total. The molecule has 0 spiro atoms. The van der Waals surface area contributed by atoms with Crippen LogP contribution in [0, 0.1) is 0 Å². The van der Waals surface area contributed by atoms with Gasteiger partial charge in [-0.3, -0.25) is 0 Å². The molecule has 0 radical (unpaired) electrons. The molecule has 0 saturated carbocycles. The summed E-state index contributed by atoms with van der Waals surface area (Å²) >= 11 is 0. The monoisotopic (exact) mass is 412 g/mol. The molecular weight excluding hydrogens is 397 g/mol. The fraction of sp³-hybridized carbons (Fsp3) is 0. The van der Waals surface area contributed by atoms with E-state index in [2.05, 4.69) is 91.0 Å². The van der Waals surface area contributed by atoms with Gasteiger partial charge in [-0.1, -0.05) is 91.0 Å². The van der Waals surface area contributed by atoms with Crippen LogP contribution in [0.4, 0.5) is 0 Å².